The van der Waals surface area contributed by atoms with Crippen molar-refractivity contribution in [3.05, 3.63) is 89.7 Å². The number of ether oxygens (including phenoxy) is 2. The summed E-state index contributed by atoms with van der Waals surface area (Å²) in [6.07, 6.45) is 4.12. The van der Waals surface area contributed by atoms with Crippen LogP contribution < -0.4 is 9.47 Å². The van der Waals surface area contributed by atoms with E-state index in [-0.39, 0.29) is 12.3 Å². The Labute approximate surface area is 157 Å². The van der Waals surface area contributed by atoms with Gasteiger partial charge in [0.05, 0.1) is 24.4 Å². The number of fused-ring (bicyclic) bond motifs is 3. The zero-order valence-electron chi connectivity index (χ0n) is 14.9. The normalized spacial score (nSPS) is 20.3. The molecule has 0 N–H and O–H groups in total. The van der Waals surface area contributed by atoms with Crippen molar-refractivity contribution in [3.63, 3.8) is 0 Å². The molecule has 0 amide bonds. The summed E-state index contributed by atoms with van der Waals surface area (Å²) in [5.74, 6) is 1.70. The first-order chi connectivity index (χ1) is 13.3. The molecule has 0 bridgehead atoms. The van der Waals surface area contributed by atoms with Crippen LogP contribution in [0.3, 0.4) is 0 Å². The Bertz CT molecular complexity index is 1000. The third kappa shape index (κ3) is 2.63. The number of hydrazone groups is 1. The van der Waals surface area contributed by atoms with Crippen molar-refractivity contribution in [1.29, 1.82) is 0 Å². The molecule has 134 valence electrons. The van der Waals surface area contributed by atoms with Crippen molar-refractivity contribution in [2.24, 2.45) is 5.10 Å². The fraction of sp³-hybridized carbons (Fsp3) is 0.182. The lowest BCUT2D eigenvalue weighted by Gasteiger charge is -2.38. The summed E-state index contributed by atoms with van der Waals surface area (Å²) in [5, 5.41) is 7.00. The predicted molar refractivity (Wildman–Crippen MR) is 103 cm³/mol. The zero-order valence-corrected chi connectivity index (χ0v) is 14.9. The summed E-state index contributed by atoms with van der Waals surface area (Å²) in [5.41, 5.74) is 4.19. The van der Waals surface area contributed by atoms with Gasteiger partial charge in [0.2, 0.25) is 6.23 Å². The van der Waals surface area contributed by atoms with Gasteiger partial charge in [-0.2, -0.15) is 5.10 Å². The van der Waals surface area contributed by atoms with Crippen LogP contribution in [0.15, 0.2) is 78.2 Å². The molecule has 5 nitrogen and oxygen atoms in total. The second-order valence-electron chi connectivity index (χ2n) is 6.64. The van der Waals surface area contributed by atoms with Crippen LogP contribution in [0.1, 0.15) is 35.4 Å². The molecule has 2 aliphatic rings. The molecule has 0 radical (unpaired) electrons. The highest BCUT2D eigenvalue weighted by Crippen LogP contribution is 2.48. The fourth-order valence-corrected chi connectivity index (χ4v) is 3.82. The molecule has 0 fully saturated rings. The minimum Gasteiger partial charge on any atom is -0.496 e. The Morgan fingerprint density at radius 3 is 2.63 bits per heavy atom. The monoisotopic (exact) mass is 357 g/mol. The maximum atomic E-state index is 6.38. The van der Waals surface area contributed by atoms with Crippen LogP contribution in [0.5, 0.6) is 11.5 Å². The third-order valence-corrected chi connectivity index (χ3v) is 5.10. The Balaban J connectivity index is 1.63. The van der Waals surface area contributed by atoms with Crippen LogP contribution in [0, 0.1) is 0 Å². The van der Waals surface area contributed by atoms with Crippen molar-refractivity contribution in [3.8, 4) is 11.5 Å². The molecule has 3 heterocycles. The average molecular weight is 357 g/mol. The minimum atomic E-state index is -0.338. The summed E-state index contributed by atoms with van der Waals surface area (Å²) >= 11 is 0. The van der Waals surface area contributed by atoms with Gasteiger partial charge < -0.3 is 9.47 Å². The van der Waals surface area contributed by atoms with Gasteiger partial charge in [0, 0.05) is 29.9 Å². The van der Waals surface area contributed by atoms with E-state index in [4.69, 9.17) is 14.6 Å². The van der Waals surface area contributed by atoms with Gasteiger partial charge in [0.25, 0.3) is 0 Å². The van der Waals surface area contributed by atoms with Crippen molar-refractivity contribution < 1.29 is 9.47 Å². The van der Waals surface area contributed by atoms with E-state index >= 15 is 0 Å². The number of rotatable bonds is 3. The van der Waals surface area contributed by atoms with Gasteiger partial charge in [-0.15, -0.1) is 0 Å². The van der Waals surface area contributed by atoms with Gasteiger partial charge in [-0.05, 0) is 24.3 Å². The average Bonchev–Trinajstić information content (AvgIpc) is 3.19. The van der Waals surface area contributed by atoms with E-state index in [0.717, 1.165) is 40.3 Å². The maximum Gasteiger partial charge on any atom is 0.217 e. The number of methoxy groups -OCH3 is 1. The van der Waals surface area contributed by atoms with Gasteiger partial charge in [0.15, 0.2) is 0 Å². The van der Waals surface area contributed by atoms with Crippen molar-refractivity contribution in [2.75, 3.05) is 7.11 Å². The number of aromatic nitrogens is 1. The molecule has 1 aromatic heterocycles. The van der Waals surface area contributed by atoms with Crippen LogP contribution in [-0.2, 0) is 0 Å². The van der Waals surface area contributed by atoms with E-state index in [0.29, 0.717) is 0 Å². The largest absolute Gasteiger partial charge is 0.496 e. The molecule has 2 aliphatic heterocycles. The first kappa shape index (κ1) is 15.9. The minimum absolute atomic E-state index is 0.125. The van der Waals surface area contributed by atoms with E-state index in [1.165, 1.54) is 0 Å². The number of hydrogen-bond donors (Lipinski definition) is 0. The number of benzene rings is 2. The van der Waals surface area contributed by atoms with Gasteiger partial charge in [-0.25, -0.2) is 5.01 Å². The number of pyridine rings is 1. The summed E-state index contributed by atoms with van der Waals surface area (Å²) in [6, 6.07) is 20.3. The molecule has 5 rings (SSSR count). The fourth-order valence-electron chi connectivity index (χ4n) is 3.82. The van der Waals surface area contributed by atoms with Gasteiger partial charge in [0.1, 0.15) is 11.5 Å². The van der Waals surface area contributed by atoms with E-state index < -0.39 is 0 Å². The summed E-state index contributed by atoms with van der Waals surface area (Å²) in [4.78, 5) is 4.24. The lowest BCUT2D eigenvalue weighted by molar-refractivity contribution is -0.0203. The van der Waals surface area contributed by atoms with Crippen molar-refractivity contribution in [2.45, 2.75) is 18.7 Å². The molecule has 2 atom stereocenters. The lowest BCUT2D eigenvalue weighted by Crippen LogP contribution is -2.33. The van der Waals surface area contributed by atoms with E-state index in [1.54, 1.807) is 13.3 Å². The second kappa shape index (κ2) is 6.43. The SMILES string of the molecule is COc1ccccc1C1Oc2ccccc2C2CC(c3cccnc3)=NN21. The lowest BCUT2D eigenvalue weighted by atomic mass is 9.96. The van der Waals surface area contributed by atoms with Crippen molar-refractivity contribution >= 4 is 5.71 Å². The van der Waals surface area contributed by atoms with E-state index in [1.807, 2.05) is 54.7 Å². The highest BCUT2D eigenvalue weighted by atomic mass is 16.5. The highest BCUT2D eigenvalue weighted by Gasteiger charge is 2.41. The van der Waals surface area contributed by atoms with Crippen molar-refractivity contribution in [1.82, 2.24) is 9.99 Å². The molecule has 27 heavy (non-hydrogen) atoms. The highest BCUT2D eigenvalue weighted by molar-refractivity contribution is 6.01. The Kier molecular flexibility index (Phi) is 3.78. The zero-order chi connectivity index (χ0) is 18.2. The Morgan fingerprint density at radius 2 is 1.81 bits per heavy atom. The quantitative estimate of drug-likeness (QED) is 0.700. The third-order valence-electron chi connectivity index (χ3n) is 5.10. The van der Waals surface area contributed by atoms with Gasteiger partial charge in [-0.3, -0.25) is 4.98 Å². The summed E-state index contributed by atoms with van der Waals surface area (Å²) in [7, 11) is 1.68. The molecule has 0 saturated heterocycles. The predicted octanol–water partition coefficient (Wildman–Crippen LogP) is 4.33. The molecule has 2 unspecified atom stereocenters. The second-order valence-corrected chi connectivity index (χ2v) is 6.64. The molecule has 5 heteroatoms. The van der Waals surface area contributed by atoms with Gasteiger partial charge in [-0.1, -0.05) is 36.4 Å². The molecular formula is C22H19N3O2. The number of hydrogen-bond acceptors (Lipinski definition) is 5. The van der Waals surface area contributed by atoms with Crippen LogP contribution in [0.4, 0.5) is 0 Å². The van der Waals surface area contributed by atoms with Crippen LogP contribution in [-0.4, -0.2) is 22.8 Å². The summed E-state index contributed by atoms with van der Waals surface area (Å²) < 4.78 is 12.0. The maximum absolute atomic E-state index is 6.38. The van der Waals surface area contributed by atoms with Gasteiger partial charge >= 0.3 is 0 Å². The first-order valence-corrected chi connectivity index (χ1v) is 9.00. The van der Waals surface area contributed by atoms with Crippen LogP contribution in [0.25, 0.3) is 0 Å². The first-order valence-electron chi connectivity index (χ1n) is 9.00. The van der Waals surface area contributed by atoms with E-state index in [9.17, 15) is 0 Å². The molecule has 3 aromatic rings. The number of nitrogens with zero attached hydrogens (tertiary/aromatic N) is 3. The molecular weight excluding hydrogens is 338 g/mol. The Morgan fingerprint density at radius 1 is 1.00 bits per heavy atom. The molecule has 2 aromatic carbocycles. The molecule has 0 spiro atoms. The van der Waals surface area contributed by atoms with Crippen LogP contribution in [0.2, 0.25) is 0 Å². The molecule has 0 aliphatic carbocycles. The smallest absolute Gasteiger partial charge is 0.217 e. The van der Waals surface area contributed by atoms with Crippen LogP contribution >= 0.6 is 0 Å². The number of para-hydroxylation sites is 2. The summed E-state index contributed by atoms with van der Waals surface area (Å²) in [6.45, 7) is 0. The topological polar surface area (TPSA) is 47.0 Å². The standard InChI is InChI=1S/C22H19N3O2/c1-26-20-10-4-3-9-17(20)22-25-19(16-8-2-5-11-21(16)27-22)13-18(24-25)15-7-6-12-23-14-15/h2-12,14,19,22H,13H2,1H3. The molecule has 0 saturated carbocycles. The Hall–Kier alpha value is -3.34. The van der Waals surface area contributed by atoms with E-state index in [2.05, 4.69) is 22.1 Å².